The predicted molar refractivity (Wildman–Crippen MR) is 105 cm³/mol. The summed E-state index contributed by atoms with van der Waals surface area (Å²) in [5, 5.41) is 0.618. The maximum atomic E-state index is 13.4. The van der Waals surface area contributed by atoms with Crippen LogP contribution in [0.2, 0.25) is 5.02 Å². The van der Waals surface area contributed by atoms with Gasteiger partial charge < -0.3 is 9.47 Å². The summed E-state index contributed by atoms with van der Waals surface area (Å²) in [6.45, 7) is 1.01. The minimum absolute atomic E-state index is 0.0113. The highest BCUT2D eigenvalue weighted by atomic mass is 35.5. The molecule has 0 spiro atoms. The molecule has 4 nitrogen and oxygen atoms in total. The molecule has 1 amide bonds. The lowest BCUT2D eigenvalue weighted by Gasteiger charge is -2.33. The van der Waals surface area contributed by atoms with E-state index in [9.17, 15) is 18.0 Å². The van der Waals surface area contributed by atoms with Crippen LogP contribution in [0.25, 0.3) is 11.0 Å². The molecule has 1 aliphatic rings. The number of nitrogens with zero attached hydrogens (tertiary/aromatic N) is 3. The highest BCUT2D eigenvalue weighted by Gasteiger charge is 2.35. The summed E-state index contributed by atoms with van der Waals surface area (Å²) in [6.07, 6.45) is -1.50. The molecule has 29 heavy (non-hydrogen) atoms. The molecule has 0 atom stereocenters. The summed E-state index contributed by atoms with van der Waals surface area (Å²) in [5.74, 6) is 0.0113. The molecule has 0 radical (unpaired) electrons. The van der Waals surface area contributed by atoms with Crippen molar-refractivity contribution in [3.8, 4) is 0 Å². The molecule has 0 aliphatic carbocycles. The van der Waals surface area contributed by atoms with Crippen molar-refractivity contribution in [2.24, 2.45) is 0 Å². The summed E-state index contributed by atoms with van der Waals surface area (Å²) in [4.78, 5) is 18.5. The molecule has 0 saturated carbocycles. The number of benzene rings is 2. The van der Waals surface area contributed by atoms with Gasteiger partial charge in [-0.05, 0) is 42.7 Å². The fraction of sp³-hybridized carbons (Fsp3) is 0.333. The number of imidazole rings is 1. The van der Waals surface area contributed by atoms with Crippen molar-refractivity contribution in [1.82, 2.24) is 14.5 Å². The quantitative estimate of drug-likeness (QED) is 0.589. The Balaban J connectivity index is 1.47. The second-order valence-corrected chi connectivity index (χ2v) is 7.67. The maximum absolute atomic E-state index is 13.4. The van der Waals surface area contributed by atoms with Crippen LogP contribution in [-0.4, -0.2) is 33.4 Å². The second-order valence-electron chi connectivity index (χ2n) is 7.24. The molecule has 1 fully saturated rings. The molecular formula is C21H19ClF3N3O. The first-order valence-electron chi connectivity index (χ1n) is 9.38. The highest BCUT2D eigenvalue weighted by Crippen LogP contribution is 2.37. The van der Waals surface area contributed by atoms with Crippen molar-refractivity contribution in [3.63, 3.8) is 0 Å². The fourth-order valence-corrected chi connectivity index (χ4v) is 4.00. The zero-order valence-corrected chi connectivity index (χ0v) is 16.2. The number of alkyl halides is 3. The van der Waals surface area contributed by atoms with E-state index < -0.39 is 11.7 Å². The number of piperidine rings is 1. The number of fused-ring (bicyclic) bond motifs is 1. The molecular weight excluding hydrogens is 403 g/mol. The minimum Gasteiger partial charge on any atom is -0.342 e. The van der Waals surface area contributed by atoms with Crippen LogP contribution in [0.5, 0.6) is 0 Å². The van der Waals surface area contributed by atoms with Gasteiger partial charge in [-0.1, -0.05) is 29.8 Å². The molecule has 1 aliphatic heterocycles. The third-order valence-electron chi connectivity index (χ3n) is 5.38. The number of carbonyl (C=O) groups excluding carboxylic acids is 1. The number of aromatic nitrogens is 2. The smallest absolute Gasteiger partial charge is 0.342 e. The normalized spacial score (nSPS) is 15.8. The lowest BCUT2D eigenvalue weighted by molar-refractivity contribution is -0.136. The number of amides is 1. The standard InChI is InChI=1S/C21H19ClF3N3O/c22-15-6-4-14(5-7-15)12-19(29)27-10-8-16(9-11-27)28-13-26-18-3-1-2-17(20(18)28)21(23,24)25/h1-7,13,16H,8-12H2. The van der Waals surface area contributed by atoms with E-state index in [0.29, 0.717) is 36.5 Å². The van der Waals surface area contributed by atoms with Crippen LogP contribution in [0.4, 0.5) is 13.2 Å². The van der Waals surface area contributed by atoms with Crippen molar-refractivity contribution in [1.29, 1.82) is 0 Å². The Morgan fingerprint density at radius 1 is 1.10 bits per heavy atom. The molecule has 8 heteroatoms. The number of hydrogen-bond acceptors (Lipinski definition) is 2. The average Bonchev–Trinajstić information content (AvgIpc) is 3.13. The Labute approximate surface area is 170 Å². The second kappa shape index (κ2) is 7.71. The lowest BCUT2D eigenvalue weighted by atomic mass is 10.0. The first-order valence-corrected chi connectivity index (χ1v) is 9.75. The topological polar surface area (TPSA) is 38.1 Å². The molecule has 0 bridgehead atoms. The van der Waals surface area contributed by atoms with Crippen LogP contribution in [0.15, 0.2) is 48.8 Å². The first kappa shape index (κ1) is 19.8. The van der Waals surface area contributed by atoms with E-state index in [1.165, 1.54) is 12.4 Å². The summed E-state index contributed by atoms with van der Waals surface area (Å²) >= 11 is 5.87. The van der Waals surface area contributed by atoms with Gasteiger partial charge in [-0.25, -0.2) is 4.98 Å². The molecule has 2 aromatic carbocycles. The van der Waals surface area contributed by atoms with Gasteiger partial charge in [-0.2, -0.15) is 13.2 Å². The minimum atomic E-state index is -4.44. The van der Waals surface area contributed by atoms with Gasteiger partial charge in [0.1, 0.15) is 0 Å². The highest BCUT2D eigenvalue weighted by molar-refractivity contribution is 6.30. The fourth-order valence-electron chi connectivity index (χ4n) is 3.88. The Kier molecular flexibility index (Phi) is 5.25. The SMILES string of the molecule is O=C(Cc1ccc(Cl)cc1)N1CCC(n2cnc3cccc(C(F)(F)F)c32)CC1. The van der Waals surface area contributed by atoms with E-state index in [2.05, 4.69) is 4.98 Å². The lowest BCUT2D eigenvalue weighted by Crippen LogP contribution is -2.39. The molecule has 152 valence electrons. The monoisotopic (exact) mass is 421 g/mol. The summed E-state index contributed by atoms with van der Waals surface area (Å²) in [6, 6.07) is 11.1. The van der Waals surface area contributed by atoms with Crippen LogP contribution in [0.3, 0.4) is 0 Å². The van der Waals surface area contributed by atoms with Gasteiger partial charge in [0.25, 0.3) is 0 Å². The molecule has 4 rings (SSSR count). The van der Waals surface area contributed by atoms with E-state index in [-0.39, 0.29) is 23.9 Å². The summed E-state index contributed by atoms with van der Waals surface area (Å²) in [7, 11) is 0. The van der Waals surface area contributed by atoms with Gasteiger partial charge in [0, 0.05) is 24.2 Å². The van der Waals surface area contributed by atoms with Crippen molar-refractivity contribution in [2.45, 2.75) is 31.5 Å². The number of likely N-dealkylation sites (tertiary alicyclic amines) is 1. The third-order valence-corrected chi connectivity index (χ3v) is 5.63. The van der Waals surface area contributed by atoms with E-state index in [1.54, 1.807) is 27.7 Å². The van der Waals surface area contributed by atoms with Gasteiger partial charge in [0.05, 0.1) is 29.3 Å². The van der Waals surface area contributed by atoms with E-state index in [1.807, 2.05) is 12.1 Å². The van der Waals surface area contributed by atoms with Crippen molar-refractivity contribution >= 4 is 28.5 Å². The van der Waals surface area contributed by atoms with E-state index in [0.717, 1.165) is 11.6 Å². The van der Waals surface area contributed by atoms with Crippen LogP contribution >= 0.6 is 11.6 Å². The molecule has 3 aromatic rings. The largest absolute Gasteiger partial charge is 0.418 e. The van der Waals surface area contributed by atoms with Crippen molar-refractivity contribution in [2.75, 3.05) is 13.1 Å². The Morgan fingerprint density at radius 2 is 1.79 bits per heavy atom. The Bertz CT molecular complexity index is 1020. The summed E-state index contributed by atoms with van der Waals surface area (Å²) < 4.78 is 41.9. The van der Waals surface area contributed by atoms with E-state index >= 15 is 0 Å². The van der Waals surface area contributed by atoms with Crippen LogP contribution in [0.1, 0.15) is 30.0 Å². The maximum Gasteiger partial charge on any atom is 0.418 e. The molecule has 0 N–H and O–H groups in total. The van der Waals surface area contributed by atoms with E-state index in [4.69, 9.17) is 11.6 Å². The zero-order chi connectivity index (χ0) is 20.6. The van der Waals surface area contributed by atoms with Crippen molar-refractivity contribution in [3.05, 3.63) is 64.9 Å². The number of hydrogen-bond donors (Lipinski definition) is 0. The van der Waals surface area contributed by atoms with Gasteiger partial charge in [0.2, 0.25) is 5.91 Å². The molecule has 2 heterocycles. The third kappa shape index (κ3) is 4.10. The van der Waals surface area contributed by atoms with Gasteiger partial charge in [0.15, 0.2) is 0 Å². The van der Waals surface area contributed by atoms with Crippen LogP contribution in [0, 0.1) is 0 Å². The van der Waals surface area contributed by atoms with Crippen molar-refractivity contribution < 1.29 is 18.0 Å². The Hall–Kier alpha value is -2.54. The van der Waals surface area contributed by atoms with Crippen LogP contribution in [-0.2, 0) is 17.4 Å². The van der Waals surface area contributed by atoms with Crippen LogP contribution < -0.4 is 0 Å². The zero-order valence-electron chi connectivity index (χ0n) is 15.5. The van der Waals surface area contributed by atoms with Gasteiger partial charge in [-0.3, -0.25) is 4.79 Å². The number of rotatable bonds is 3. The molecule has 1 aromatic heterocycles. The average molecular weight is 422 g/mol. The molecule has 0 unspecified atom stereocenters. The Morgan fingerprint density at radius 3 is 2.45 bits per heavy atom. The summed E-state index contributed by atoms with van der Waals surface area (Å²) in [5.41, 5.74) is 0.665. The number of para-hydroxylation sites is 1. The first-order chi connectivity index (χ1) is 13.8. The number of halogens is 4. The number of carbonyl (C=O) groups is 1. The predicted octanol–water partition coefficient (Wildman–Crippen LogP) is 5.11. The van der Waals surface area contributed by atoms with Gasteiger partial charge >= 0.3 is 6.18 Å². The van der Waals surface area contributed by atoms with Gasteiger partial charge in [-0.15, -0.1) is 0 Å². The molecule has 1 saturated heterocycles.